The van der Waals surface area contributed by atoms with Gasteiger partial charge in [0.1, 0.15) is 18.7 Å². The van der Waals surface area contributed by atoms with E-state index in [-0.39, 0.29) is 49.8 Å². The van der Waals surface area contributed by atoms with Crippen molar-refractivity contribution >= 4 is 17.7 Å². The molecule has 0 spiro atoms. The van der Waals surface area contributed by atoms with E-state index in [0.29, 0.717) is 6.61 Å². The third kappa shape index (κ3) is 9.97. The predicted molar refractivity (Wildman–Crippen MR) is 175 cm³/mol. The second-order valence-electron chi connectivity index (χ2n) is 11.8. The number of amides is 3. The van der Waals surface area contributed by atoms with Gasteiger partial charge in [0.15, 0.2) is 0 Å². The third-order valence-corrected chi connectivity index (χ3v) is 8.30. The molecule has 1 fully saturated rings. The van der Waals surface area contributed by atoms with Gasteiger partial charge in [-0.3, -0.25) is 14.4 Å². The normalized spacial score (nSPS) is 16.4. The van der Waals surface area contributed by atoms with Crippen molar-refractivity contribution in [2.75, 3.05) is 40.4 Å². The molecule has 0 saturated carbocycles. The number of aliphatic hydroxyl groups excluding tert-OH is 1. The van der Waals surface area contributed by atoms with E-state index >= 15 is 0 Å². The molecule has 45 heavy (non-hydrogen) atoms. The van der Waals surface area contributed by atoms with Gasteiger partial charge in [-0.2, -0.15) is 0 Å². The maximum absolute atomic E-state index is 14.3. The van der Waals surface area contributed by atoms with Crippen LogP contribution in [0.2, 0.25) is 0 Å². The molecule has 3 N–H and O–H groups in total. The van der Waals surface area contributed by atoms with E-state index < -0.39 is 18.2 Å². The molecule has 0 unspecified atom stereocenters. The van der Waals surface area contributed by atoms with Gasteiger partial charge < -0.3 is 30.3 Å². The molecule has 3 amide bonds. The Balaban J connectivity index is 1.56. The fraction of sp³-hybridized carbons (Fsp3) is 0.417. The molecule has 3 aromatic rings. The van der Waals surface area contributed by atoms with Gasteiger partial charge in [-0.05, 0) is 48.6 Å². The number of aliphatic hydroxyl groups is 1. The van der Waals surface area contributed by atoms with Gasteiger partial charge in [0, 0.05) is 39.5 Å². The maximum Gasteiger partial charge on any atom is 0.249 e. The molecule has 9 nitrogen and oxygen atoms in total. The van der Waals surface area contributed by atoms with Gasteiger partial charge in [0.05, 0.1) is 12.7 Å². The fourth-order valence-corrected chi connectivity index (χ4v) is 5.54. The molecule has 4 atom stereocenters. The number of carbonyl (C=O) groups is 3. The summed E-state index contributed by atoms with van der Waals surface area (Å²) in [5.41, 5.74) is 3.91. The fourth-order valence-electron chi connectivity index (χ4n) is 5.54. The largest absolute Gasteiger partial charge is 0.392 e. The van der Waals surface area contributed by atoms with Gasteiger partial charge in [0.2, 0.25) is 17.7 Å². The quantitative estimate of drug-likeness (QED) is 0.243. The number of hydrogen-bond donors (Lipinski definition) is 3. The summed E-state index contributed by atoms with van der Waals surface area (Å²) in [5, 5.41) is 15.9. The van der Waals surface area contributed by atoms with Crippen LogP contribution in [0.3, 0.4) is 0 Å². The van der Waals surface area contributed by atoms with Crippen LogP contribution >= 0.6 is 0 Å². The van der Waals surface area contributed by atoms with Gasteiger partial charge in [-0.25, -0.2) is 0 Å². The molecule has 3 aromatic carbocycles. The van der Waals surface area contributed by atoms with Crippen LogP contribution in [0.4, 0.5) is 0 Å². The first kappa shape index (κ1) is 33.8. The average Bonchev–Trinajstić information content (AvgIpc) is 3.59. The lowest BCUT2D eigenvalue weighted by atomic mass is 9.98. The summed E-state index contributed by atoms with van der Waals surface area (Å²) >= 11 is 0. The van der Waals surface area contributed by atoms with E-state index in [4.69, 9.17) is 4.74 Å². The number of rotatable bonds is 15. The van der Waals surface area contributed by atoms with Crippen molar-refractivity contribution in [3.63, 3.8) is 0 Å². The van der Waals surface area contributed by atoms with Gasteiger partial charge in [-0.15, -0.1) is 0 Å². The topological polar surface area (TPSA) is 111 Å². The number of benzene rings is 3. The van der Waals surface area contributed by atoms with Crippen LogP contribution in [0.25, 0.3) is 11.1 Å². The molecule has 0 bridgehead atoms. The Morgan fingerprint density at radius 2 is 1.47 bits per heavy atom. The lowest BCUT2D eigenvalue weighted by Crippen LogP contribution is -2.56. The molecule has 1 aliphatic rings. The summed E-state index contributed by atoms with van der Waals surface area (Å²) in [6.45, 7) is 2.89. The summed E-state index contributed by atoms with van der Waals surface area (Å²) in [6, 6.07) is 26.0. The van der Waals surface area contributed by atoms with Crippen LogP contribution in [0.1, 0.15) is 30.9 Å². The van der Waals surface area contributed by atoms with Crippen LogP contribution in [0.5, 0.6) is 0 Å². The lowest BCUT2D eigenvalue weighted by molar-refractivity contribution is -0.149. The minimum absolute atomic E-state index is 0.0644. The van der Waals surface area contributed by atoms with Gasteiger partial charge in [0.25, 0.3) is 0 Å². The number of nitrogens with zero attached hydrogens (tertiary/aromatic N) is 2. The van der Waals surface area contributed by atoms with Gasteiger partial charge in [-0.1, -0.05) is 84.9 Å². The molecule has 0 aliphatic carbocycles. The summed E-state index contributed by atoms with van der Waals surface area (Å²) in [5.74, 6) is -1.04. The smallest absolute Gasteiger partial charge is 0.249 e. The highest BCUT2D eigenvalue weighted by Gasteiger charge is 2.35. The van der Waals surface area contributed by atoms with Crippen molar-refractivity contribution in [3.8, 4) is 11.1 Å². The van der Waals surface area contributed by atoms with Crippen LogP contribution < -0.4 is 10.6 Å². The van der Waals surface area contributed by atoms with E-state index in [2.05, 4.69) is 10.6 Å². The van der Waals surface area contributed by atoms with Crippen molar-refractivity contribution in [2.45, 2.75) is 56.8 Å². The van der Waals surface area contributed by atoms with E-state index in [1.165, 1.54) is 9.80 Å². The van der Waals surface area contributed by atoms with Crippen molar-refractivity contribution in [1.82, 2.24) is 20.4 Å². The molecule has 1 aliphatic heterocycles. The Morgan fingerprint density at radius 3 is 2.09 bits per heavy atom. The second-order valence-corrected chi connectivity index (χ2v) is 11.8. The molecule has 240 valence electrons. The highest BCUT2D eigenvalue weighted by molar-refractivity contribution is 5.92. The minimum Gasteiger partial charge on any atom is -0.392 e. The highest BCUT2D eigenvalue weighted by Crippen LogP contribution is 2.21. The van der Waals surface area contributed by atoms with Gasteiger partial charge >= 0.3 is 0 Å². The Morgan fingerprint density at radius 1 is 0.867 bits per heavy atom. The lowest BCUT2D eigenvalue weighted by Gasteiger charge is -2.34. The Labute approximate surface area is 266 Å². The van der Waals surface area contributed by atoms with Crippen LogP contribution in [-0.4, -0.2) is 97.3 Å². The van der Waals surface area contributed by atoms with Crippen molar-refractivity contribution < 1.29 is 24.2 Å². The molecular formula is C36H46N4O5. The second kappa shape index (κ2) is 16.9. The predicted octanol–water partition coefficient (Wildman–Crippen LogP) is 3.06. The molecule has 0 aromatic heterocycles. The first-order valence-corrected chi connectivity index (χ1v) is 15.7. The van der Waals surface area contributed by atoms with Crippen molar-refractivity contribution in [3.05, 3.63) is 96.1 Å². The van der Waals surface area contributed by atoms with E-state index in [1.54, 1.807) is 21.0 Å². The monoisotopic (exact) mass is 614 g/mol. The van der Waals surface area contributed by atoms with Crippen molar-refractivity contribution in [2.24, 2.45) is 0 Å². The van der Waals surface area contributed by atoms with E-state index in [1.807, 2.05) is 84.9 Å². The van der Waals surface area contributed by atoms with Crippen LogP contribution in [0, 0.1) is 0 Å². The summed E-state index contributed by atoms with van der Waals surface area (Å²) in [4.78, 5) is 44.0. The molecule has 0 radical (unpaired) electrons. The number of carbonyl (C=O) groups excluding carboxylic acids is 3. The zero-order chi connectivity index (χ0) is 32.2. The number of likely N-dealkylation sites (N-methyl/N-ethyl adjacent to an activating group) is 2. The summed E-state index contributed by atoms with van der Waals surface area (Å²) in [6.07, 6.45) is 1.90. The Kier molecular flexibility index (Phi) is 12.7. The van der Waals surface area contributed by atoms with E-state index in [0.717, 1.165) is 41.6 Å². The summed E-state index contributed by atoms with van der Waals surface area (Å²) in [7, 11) is 3.22. The molecular weight excluding hydrogens is 568 g/mol. The van der Waals surface area contributed by atoms with E-state index in [9.17, 15) is 19.5 Å². The first-order valence-electron chi connectivity index (χ1n) is 15.7. The molecule has 9 heteroatoms. The zero-order valence-electron chi connectivity index (χ0n) is 26.5. The Bertz CT molecular complexity index is 1360. The SMILES string of the molecule is C[C@@H](O)CNC(=O)[C@@H](Cc1ccccc1)N(C)C(=O)[C@@H](Cc1ccc(-c2ccccc2)cc1)N(C)C(=O)COC[C@@H]1CCCN1. The first-order chi connectivity index (χ1) is 21.7. The molecule has 1 saturated heterocycles. The maximum atomic E-state index is 14.3. The Hall–Kier alpha value is -4.05. The highest BCUT2D eigenvalue weighted by atomic mass is 16.5. The van der Waals surface area contributed by atoms with Crippen LogP contribution in [0.15, 0.2) is 84.9 Å². The van der Waals surface area contributed by atoms with Crippen LogP contribution in [-0.2, 0) is 32.0 Å². The number of nitrogens with one attached hydrogen (secondary N) is 2. The number of hydrogen-bond acceptors (Lipinski definition) is 6. The molecule has 4 rings (SSSR count). The minimum atomic E-state index is -0.874. The summed E-state index contributed by atoms with van der Waals surface area (Å²) < 4.78 is 5.76. The average molecular weight is 615 g/mol. The zero-order valence-corrected chi connectivity index (χ0v) is 26.5. The molecule has 1 heterocycles. The standard InChI is InChI=1S/C36H46N4O5/c1-26(41)23-38-35(43)32(21-27-11-6-4-7-12-27)40(3)36(44)33(39(2)34(42)25-45-24-31-15-10-20-37-31)22-28-16-18-30(19-17-28)29-13-8-5-9-14-29/h4-9,11-14,16-19,26,31-33,37,41H,10,15,20-25H2,1-3H3,(H,38,43)/t26-,31+,32-,33-/m1/s1. The number of ether oxygens (including phenoxy) is 1. The van der Waals surface area contributed by atoms with Crippen molar-refractivity contribution in [1.29, 1.82) is 0 Å². The third-order valence-electron chi connectivity index (χ3n) is 8.30.